The maximum absolute atomic E-state index is 12.2. The van der Waals surface area contributed by atoms with Crippen LogP contribution in [0.15, 0.2) is 0 Å². The second-order valence-corrected chi connectivity index (χ2v) is 4.54. The van der Waals surface area contributed by atoms with E-state index in [-0.39, 0.29) is 6.54 Å². The van der Waals surface area contributed by atoms with Gasteiger partial charge in [0.25, 0.3) is 0 Å². The summed E-state index contributed by atoms with van der Waals surface area (Å²) in [5, 5.41) is 2.93. The first kappa shape index (κ1) is 17.2. The first-order valence-electron chi connectivity index (χ1n) is 5.73. The molecule has 0 bridgehead atoms. The number of carbonyl (C=O) groups is 1. The molecule has 0 spiro atoms. The average molecular weight is 270 g/mol. The number of ether oxygens (including phenoxy) is 1. The van der Waals surface area contributed by atoms with Crippen molar-refractivity contribution in [1.29, 1.82) is 0 Å². The number of halogens is 3. The van der Waals surface area contributed by atoms with E-state index in [9.17, 15) is 18.0 Å². The minimum Gasteiger partial charge on any atom is -0.468 e. The lowest BCUT2D eigenvalue weighted by Gasteiger charge is -2.32. The largest absolute Gasteiger partial charge is 0.468 e. The normalized spacial score (nSPS) is 15.6. The predicted octanol–water partition coefficient (Wildman–Crippen LogP) is 1.41. The fourth-order valence-electron chi connectivity index (χ4n) is 1.72. The highest BCUT2D eigenvalue weighted by molar-refractivity contribution is 5.80. The van der Waals surface area contributed by atoms with Crippen molar-refractivity contribution in [2.45, 2.75) is 32.0 Å². The third-order valence-electron chi connectivity index (χ3n) is 2.44. The molecule has 1 atom stereocenters. The van der Waals surface area contributed by atoms with Crippen molar-refractivity contribution in [3.63, 3.8) is 0 Å². The topological polar surface area (TPSA) is 41.6 Å². The summed E-state index contributed by atoms with van der Waals surface area (Å²) in [5.74, 6) is -0.565. The number of alkyl halides is 3. The third kappa shape index (κ3) is 6.20. The number of carbonyl (C=O) groups excluding carboxylic acids is 1. The Hall–Kier alpha value is -0.820. The summed E-state index contributed by atoms with van der Waals surface area (Å²) in [6, 6.07) is 0. The van der Waals surface area contributed by atoms with Crippen molar-refractivity contribution in [3.05, 3.63) is 0 Å². The molecule has 0 heterocycles. The van der Waals surface area contributed by atoms with Crippen molar-refractivity contribution < 1.29 is 22.7 Å². The van der Waals surface area contributed by atoms with E-state index >= 15 is 0 Å². The van der Waals surface area contributed by atoms with E-state index in [1.54, 1.807) is 6.92 Å². The van der Waals surface area contributed by atoms with Gasteiger partial charge in [-0.25, -0.2) is 0 Å². The maximum Gasteiger partial charge on any atom is 0.401 e. The van der Waals surface area contributed by atoms with Crippen LogP contribution in [0, 0.1) is 0 Å². The van der Waals surface area contributed by atoms with Crippen LogP contribution in [0.5, 0.6) is 0 Å². The van der Waals surface area contributed by atoms with Gasteiger partial charge in [-0.15, -0.1) is 0 Å². The summed E-state index contributed by atoms with van der Waals surface area (Å²) < 4.78 is 41.3. The van der Waals surface area contributed by atoms with Gasteiger partial charge in [-0.2, -0.15) is 13.2 Å². The SMILES string of the molecule is CCCNC(C)(CN(C)CC(F)(F)F)C(=O)OC. The lowest BCUT2D eigenvalue weighted by atomic mass is 10.0. The van der Waals surface area contributed by atoms with E-state index in [1.807, 2.05) is 6.92 Å². The molecule has 0 saturated carbocycles. The average Bonchev–Trinajstić information content (AvgIpc) is 2.22. The van der Waals surface area contributed by atoms with Crippen LogP contribution < -0.4 is 5.32 Å². The number of methoxy groups -OCH3 is 1. The van der Waals surface area contributed by atoms with Crippen LogP contribution in [0.3, 0.4) is 0 Å². The molecule has 0 radical (unpaired) electrons. The predicted molar refractivity (Wildman–Crippen MR) is 62.3 cm³/mol. The number of hydrogen-bond donors (Lipinski definition) is 1. The van der Waals surface area contributed by atoms with Crippen molar-refractivity contribution in [1.82, 2.24) is 10.2 Å². The van der Waals surface area contributed by atoms with Gasteiger partial charge in [-0.3, -0.25) is 9.69 Å². The molecule has 0 fully saturated rings. The Balaban J connectivity index is 4.63. The molecule has 0 aromatic carbocycles. The number of esters is 1. The van der Waals surface area contributed by atoms with E-state index in [1.165, 1.54) is 14.2 Å². The van der Waals surface area contributed by atoms with E-state index in [0.29, 0.717) is 6.54 Å². The van der Waals surface area contributed by atoms with Gasteiger partial charge in [0.05, 0.1) is 13.7 Å². The second-order valence-electron chi connectivity index (χ2n) is 4.54. The molecule has 0 aliphatic rings. The Morgan fingerprint density at radius 1 is 1.33 bits per heavy atom. The van der Waals surface area contributed by atoms with Gasteiger partial charge in [-0.1, -0.05) is 6.92 Å². The Labute approximate surface area is 105 Å². The van der Waals surface area contributed by atoms with Crippen LogP contribution in [0.1, 0.15) is 20.3 Å². The number of rotatable bonds is 7. The quantitative estimate of drug-likeness (QED) is 0.710. The molecule has 0 saturated heterocycles. The summed E-state index contributed by atoms with van der Waals surface area (Å²) >= 11 is 0. The van der Waals surface area contributed by atoms with Gasteiger partial charge in [0.2, 0.25) is 0 Å². The smallest absolute Gasteiger partial charge is 0.401 e. The molecule has 4 nitrogen and oxygen atoms in total. The van der Waals surface area contributed by atoms with Crippen molar-refractivity contribution in [2.24, 2.45) is 0 Å². The minimum atomic E-state index is -4.28. The van der Waals surface area contributed by atoms with E-state index < -0.39 is 24.2 Å². The molecule has 1 N–H and O–H groups in total. The molecule has 1 unspecified atom stereocenters. The van der Waals surface area contributed by atoms with Gasteiger partial charge in [-0.05, 0) is 26.9 Å². The standard InChI is InChI=1S/C11H21F3N2O2/c1-5-6-15-10(2,9(17)18-4)7-16(3)8-11(12,13)14/h15H,5-8H2,1-4H3. The summed E-state index contributed by atoms with van der Waals surface area (Å²) in [6.07, 6.45) is -3.51. The summed E-state index contributed by atoms with van der Waals surface area (Å²) in [4.78, 5) is 12.7. The van der Waals surface area contributed by atoms with Crippen LogP contribution in [0.2, 0.25) is 0 Å². The highest BCUT2D eigenvalue weighted by Gasteiger charge is 2.38. The molecular formula is C11H21F3N2O2. The van der Waals surface area contributed by atoms with E-state index in [2.05, 4.69) is 10.1 Å². The van der Waals surface area contributed by atoms with Crippen LogP contribution in [-0.4, -0.2) is 56.4 Å². The van der Waals surface area contributed by atoms with Crippen LogP contribution >= 0.6 is 0 Å². The van der Waals surface area contributed by atoms with Crippen molar-refractivity contribution in [2.75, 3.05) is 33.8 Å². The molecule has 0 aliphatic heterocycles. The zero-order valence-electron chi connectivity index (χ0n) is 11.2. The molecule has 0 aromatic rings. The van der Waals surface area contributed by atoms with Gasteiger partial charge in [0.1, 0.15) is 5.54 Å². The van der Waals surface area contributed by atoms with Gasteiger partial charge in [0.15, 0.2) is 0 Å². The Bertz CT molecular complexity index is 272. The van der Waals surface area contributed by atoms with Crippen LogP contribution in [0.4, 0.5) is 13.2 Å². The number of nitrogens with zero attached hydrogens (tertiary/aromatic N) is 1. The summed E-state index contributed by atoms with van der Waals surface area (Å²) in [7, 11) is 2.54. The maximum atomic E-state index is 12.2. The number of nitrogens with one attached hydrogen (secondary N) is 1. The molecular weight excluding hydrogens is 249 g/mol. The molecule has 0 aliphatic carbocycles. The summed E-state index contributed by atoms with van der Waals surface area (Å²) in [5.41, 5.74) is -1.13. The molecule has 108 valence electrons. The second kappa shape index (κ2) is 6.94. The highest BCUT2D eigenvalue weighted by Crippen LogP contribution is 2.17. The number of hydrogen-bond acceptors (Lipinski definition) is 4. The van der Waals surface area contributed by atoms with Crippen LogP contribution in [0.25, 0.3) is 0 Å². The van der Waals surface area contributed by atoms with Crippen molar-refractivity contribution >= 4 is 5.97 Å². The molecule has 7 heteroatoms. The monoisotopic (exact) mass is 270 g/mol. The van der Waals surface area contributed by atoms with Crippen LogP contribution in [-0.2, 0) is 9.53 Å². The summed E-state index contributed by atoms with van der Waals surface area (Å²) in [6.45, 7) is 2.85. The fraction of sp³-hybridized carbons (Fsp3) is 0.909. The Morgan fingerprint density at radius 3 is 2.28 bits per heavy atom. The van der Waals surface area contributed by atoms with E-state index in [0.717, 1.165) is 11.3 Å². The fourth-order valence-corrected chi connectivity index (χ4v) is 1.72. The highest BCUT2D eigenvalue weighted by atomic mass is 19.4. The molecule has 0 rings (SSSR count). The lowest BCUT2D eigenvalue weighted by Crippen LogP contribution is -2.57. The lowest BCUT2D eigenvalue weighted by molar-refractivity contribution is -0.155. The third-order valence-corrected chi connectivity index (χ3v) is 2.44. The van der Waals surface area contributed by atoms with Gasteiger partial charge >= 0.3 is 12.1 Å². The zero-order valence-corrected chi connectivity index (χ0v) is 11.2. The first-order chi connectivity index (χ1) is 8.14. The van der Waals surface area contributed by atoms with Gasteiger partial charge in [0, 0.05) is 6.54 Å². The van der Waals surface area contributed by atoms with E-state index in [4.69, 9.17) is 0 Å². The molecule has 0 aromatic heterocycles. The van der Waals surface area contributed by atoms with Gasteiger partial charge < -0.3 is 10.1 Å². The number of likely N-dealkylation sites (N-methyl/N-ethyl adjacent to an activating group) is 1. The zero-order chi connectivity index (χ0) is 14.4. The molecule has 18 heavy (non-hydrogen) atoms. The minimum absolute atomic E-state index is 0.0703. The first-order valence-corrected chi connectivity index (χ1v) is 5.73. The Kier molecular flexibility index (Phi) is 6.62. The van der Waals surface area contributed by atoms with Crippen molar-refractivity contribution in [3.8, 4) is 0 Å². The Morgan fingerprint density at radius 2 is 1.89 bits per heavy atom. The molecule has 0 amide bonds.